The van der Waals surface area contributed by atoms with Crippen molar-refractivity contribution in [2.75, 3.05) is 6.61 Å². The van der Waals surface area contributed by atoms with Crippen molar-refractivity contribution in [2.45, 2.75) is 6.92 Å². The molecule has 14 heteroatoms. The molecule has 0 aliphatic carbocycles. The highest BCUT2D eigenvalue weighted by atomic mass is 32.1. The number of aromatic nitrogens is 3. The first kappa shape index (κ1) is 26.2. The van der Waals surface area contributed by atoms with Gasteiger partial charge in [0.1, 0.15) is 21.4 Å². The Labute approximate surface area is 221 Å². The molecule has 3 heterocycles. The fourth-order valence-electron chi connectivity index (χ4n) is 3.18. The number of carbonyl (C=O) groups is 2. The summed E-state index contributed by atoms with van der Waals surface area (Å²) in [6.45, 7) is 2.06. The van der Waals surface area contributed by atoms with E-state index < -0.39 is 15.8 Å². The van der Waals surface area contributed by atoms with Crippen molar-refractivity contribution < 1.29 is 24.2 Å². The van der Waals surface area contributed by atoms with Gasteiger partial charge in [-0.1, -0.05) is 0 Å². The Hall–Kier alpha value is -4.82. The number of aromatic amines is 1. The Bertz CT molecular complexity index is 1590. The third kappa shape index (κ3) is 5.93. The maximum absolute atomic E-state index is 11.6. The number of nitro benzene ring substituents is 2. The average Bonchev–Trinajstić information content (AvgIpc) is 3.65. The summed E-state index contributed by atoms with van der Waals surface area (Å²) < 4.78 is 5.75. The highest BCUT2D eigenvalue weighted by Crippen LogP contribution is 2.31. The molecule has 1 N–H and O–H groups in total. The fourth-order valence-corrected chi connectivity index (χ4v) is 4.89. The molecular weight excluding hydrogens is 534 g/mol. The van der Waals surface area contributed by atoms with Crippen LogP contribution in [0, 0.1) is 20.2 Å². The Balaban J connectivity index is 0.000000186. The maximum Gasteiger partial charge on any atom is 0.354 e. The number of H-pyrrole nitrogens is 1. The minimum absolute atomic E-state index is 0.0375. The standard InChI is InChI=1S/C14H11N3O4S.C10H6N2O3S/c1-2-21-14(18)10-7-11-12(15-10)16-13(22-11)8-3-5-9(6-4-8)17(19)20;13-6-9-5-11-10(16-9)7-1-3-8(4-2-7)12(14)15/h3-7,15H,2H2,1H3;1-6H. The second kappa shape index (κ2) is 11.5. The summed E-state index contributed by atoms with van der Waals surface area (Å²) >= 11 is 2.65. The van der Waals surface area contributed by atoms with Crippen LogP contribution in [-0.4, -0.2) is 43.7 Å². The fraction of sp³-hybridized carbons (Fsp3) is 0.0833. The Morgan fingerprint density at radius 3 is 2.03 bits per heavy atom. The summed E-state index contributed by atoms with van der Waals surface area (Å²) in [5.74, 6) is -0.412. The number of rotatable bonds is 7. The third-order valence-electron chi connectivity index (χ3n) is 4.97. The van der Waals surface area contributed by atoms with Gasteiger partial charge in [0, 0.05) is 41.6 Å². The molecule has 38 heavy (non-hydrogen) atoms. The summed E-state index contributed by atoms with van der Waals surface area (Å²) in [5, 5.41) is 22.5. The molecule has 0 bridgehead atoms. The summed E-state index contributed by atoms with van der Waals surface area (Å²) in [5.41, 5.74) is 2.60. The van der Waals surface area contributed by atoms with E-state index in [0.29, 0.717) is 27.8 Å². The summed E-state index contributed by atoms with van der Waals surface area (Å²) in [6, 6.07) is 13.9. The number of hydrogen-bond acceptors (Lipinski definition) is 11. The van der Waals surface area contributed by atoms with Gasteiger partial charge in [-0.3, -0.25) is 25.0 Å². The normalized spacial score (nSPS) is 10.4. The molecular formula is C24H17N5O7S2. The Morgan fingerprint density at radius 1 is 0.974 bits per heavy atom. The number of hydrogen-bond donors (Lipinski definition) is 1. The number of nitrogens with zero attached hydrogens (tertiary/aromatic N) is 4. The van der Waals surface area contributed by atoms with Crippen LogP contribution < -0.4 is 0 Å². The zero-order valence-corrected chi connectivity index (χ0v) is 21.2. The zero-order valence-electron chi connectivity index (χ0n) is 19.5. The van der Waals surface area contributed by atoms with Crippen LogP contribution in [0.5, 0.6) is 0 Å². The van der Waals surface area contributed by atoms with Crippen molar-refractivity contribution in [3.05, 3.63) is 91.6 Å². The van der Waals surface area contributed by atoms with Gasteiger partial charge in [-0.15, -0.1) is 22.7 Å². The molecule has 0 saturated carbocycles. The minimum Gasteiger partial charge on any atom is -0.461 e. The smallest absolute Gasteiger partial charge is 0.354 e. The molecule has 0 aliphatic heterocycles. The zero-order chi connectivity index (χ0) is 27.2. The lowest BCUT2D eigenvalue weighted by atomic mass is 10.2. The van der Waals surface area contributed by atoms with Gasteiger partial charge in [0.2, 0.25) is 0 Å². The van der Waals surface area contributed by atoms with Crippen LogP contribution in [0.1, 0.15) is 27.1 Å². The van der Waals surface area contributed by atoms with E-state index in [1.165, 1.54) is 53.1 Å². The predicted octanol–water partition coefficient (Wildman–Crippen LogP) is 5.91. The van der Waals surface area contributed by atoms with Crippen molar-refractivity contribution in [3.63, 3.8) is 0 Å². The lowest BCUT2D eigenvalue weighted by molar-refractivity contribution is -0.385. The molecule has 0 spiro atoms. The van der Waals surface area contributed by atoms with Crippen LogP contribution in [0.3, 0.4) is 0 Å². The molecule has 0 amide bonds. The van der Waals surface area contributed by atoms with E-state index in [4.69, 9.17) is 4.74 Å². The molecule has 5 rings (SSSR count). The molecule has 0 saturated heterocycles. The van der Waals surface area contributed by atoms with E-state index in [0.717, 1.165) is 27.1 Å². The summed E-state index contributed by atoms with van der Waals surface area (Å²) in [6.07, 6.45) is 2.21. The number of aldehydes is 1. The second-order valence-electron chi connectivity index (χ2n) is 7.43. The summed E-state index contributed by atoms with van der Waals surface area (Å²) in [7, 11) is 0. The Morgan fingerprint density at radius 2 is 1.55 bits per heavy atom. The highest BCUT2D eigenvalue weighted by molar-refractivity contribution is 7.21. The van der Waals surface area contributed by atoms with Crippen molar-refractivity contribution in [1.82, 2.24) is 15.0 Å². The number of benzene rings is 2. The van der Waals surface area contributed by atoms with Crippen LogP contribution in [0.15, 0.2) is 60.8 Å². The number of nitro groups is 2. The van der Waals surface area contributed by atoms with Gasteiger partial charge < -0.3 is 9.72 Å². The number of carbonyl (C=O) groups excluding carboxylic acids is 2. The molecule has 0 radical (unpaired) electrons. The van der Waals surface area contributed by atoms with E-state index in [9.17, 15) is 29.8 Å². The molecule has 0 unspecified atom stereocenters. The largest absolute Gasteiger partial charge is 0.461 e. The quantitative estimate of drug-likeness (QED) is 0.112. The van der Waals surface area contributed by atoms with E-state index >= 15 is 0 Å². The van der Waals surface area contributed by atoms with Crippen LogP contribution in [0.25, 0.3) is 31.5 Å². The number of esters is 1. The molecule has 192 valence electrons. The van der Waals surface area contributed by atoms with Crippen molar-refractivity contribution in [2.24, 2.45) is 0 Å². The minimum atomic E-state index is -0.456. The highest BCUT2D eigenvalue weighted by Gasteiger charge is 2.15. The average molecular weight is 552 g/mol. The van der Waals surface area contributed by atoms with Crippen LogP contribution in [0.2, 0.25) is 0 Å². The van der Waals surface area contributed by atoms with E-state index in [2.05, 4.69) is 15.0 Å². The number of non-ortho nitro benzene ring substituents is 2. The van der Waals surface area contributed by atoms with Gasteiger partial charge in [0.05, 0.1) is 26.0 Å². The van der Waals surface area contributed by atoms with Crippen LogP contribution in [-0.2, 0) is 4.74 Å². The van der Waals surface area contributed by atoms with E-state index in [1.54, 1.807) is 37.3 Å². The van der Waals surface area contributed by atoms with Crippen molar-refractivity contribution in [1.29, 1.82) is 0 Å². The molecule has 2 aromatic carbocycles. The van der Waals surface area contributed by atoms with E-state index in [-0.39, 0.29) is 11.4 Å². The lowest BCUT2D eigenvalue weighted by Crippen LogP contribution is -2.04. The van der Waals surface area contributed by atoms with Crippen molar-refractivity contribution >= 4 is 56.7 Å². The molecule has 5 aromatic rings. The molecule has 0 aliphatic rings. The van der Waals surface area contributed by atoms with Gasteiger partial charge in [-0.2, -0.15) is 0 Å². The predicted molar refractivity (Wildman–Crippen MR) is 142 cm³/mol. The SMILES string of the molecule is CCOC(=O)c1cc2sc(-c3ccc([N+](=O)[O-])cc3)nc2[nH]1.O=Cc1cnc(-c2ccc([N+](=O)[O-])cc2)s1. The molecule has 0 atom stereocenters. The Kier molecular flexibility index (Phi) is 7.94. The van der Waals surface area contributed by atoms with Gasteiger partial charge >= 0.3 is 5.97 Å². The number of ether oxygens (including phenoxy) is 1. The maximum atomic E-state index is 11.6. The molecule has 0 fully saturated rings. The first-order valence-corrected chi connectivity index (χ1v) is 12.5. The monoisotopic (exact) mass is 551 g/mol. The van der Waals surface area contributed by atoms with Crippen molar-refractivity contribution in [3.8, 4) is 21.1 Å². The number of thiazole rings is 2. The van der Waals surface area contributed by atoms with Gasteiger partial charge in [0.25, 0.3) is 11.4 Å². The first-order chi connectivity index (χ1) is 18.3. The lowest BCUT2D eigenvalue weighted by Gasteiger charge is -1.97. The second-order valence-corrected chi connectivity index (χ2v) is 9.52. The van der Waals surface area contributed by atoms with Gasteiger partial charge in [-0.25, -0.2) is 14.8 Å². The first-order valence-electron chi connectivity index (χ1n) is 10.9. The third-order valence-corrected chi connectivity index (χ3v) is 6.99. The van der Waals surface area contributed by atoms with E-state index in [1.807, 2.05) is 0 Å². The van der Waals surface area contributed by atoms with Gasteiger partial charge in [-0.05, 0) is 37.3 Å². The topological polar surface area (TPSA) is 171 Å². The summed E-state index contributed by atoms with van der Waals surface area (Å²) in [4.78, 5) is 54.2. The van der Waals surface area contributed by atoms with Gasteiger partial charge in [0.15, 0.2) is 6.29 Å². The van der Waals surface area contributed by atoms with Crippen LogP contribution >= 0.6 is 22.7 Å². The number of nitrogens with one attached hydrogen (secondary N) is 1. The molecule has 12 nitrogen and oxygen atoms in total. The molecule has 3 aromatic heterocycles. The van der Waals surface area contributed by atoms with Crippen LogP contribution in [0.4, 0.5) is 11.4 Å². The number of fused-ring (bicyclic) bond motifs is 1.